The molecule has 0 aliphatic carbocycles. The van der Waals surface area contributed by atoms with E-state index in [1.54, 1.807) is 6.07 Å². The molecule has 0 aromatic heterocycles. The van der Waals surface area contributed by atoms with Gasteiger partial charge in [-0.1, -0.05) is 6.92 Å². The predicted molar refractivity (Wildman–Crippen MR) is 77.7 cm³/mol. The van der Waals surface area contributed by atoms with E-state index in [0.717, 1.165) is 31.7 Å². The first kappa shape index (κ1) is 15.0. The van der Waals surface area contributed by atoms with Crippen LogP contribution in [0, 0.1) is 17.1 Å². The van der Waals surface area contributed by atoms with Gasteiger partial charge in [0.2, 0.25) is 0 Å². The number of nitrogens with zero attached hydrogens (tertiary/aromatic N) is 3. The van der Waals surface area contributed by atoms with Crippen molar-refractivity contribution in [3.63, 3.8) is 0 Å². The molecule has 20 heavy (non-hydrogen) atoms. The van der Waals surface area contributed by atoms with E-state index in [2.05, 4.69) is 29.7 Å². The van der Waals surface area contributed by atoms with Gasteiger partial charge in [0.15, 0.2) is 0 Å². The van der Waals surface area contributed by atoms with Crippen LogP contribution in [0.3, 0.4) is 0 Å². The molecule has 0 bridgehead atoms. The Morgan fingerprint density at radius 3 is 2.60 bits per heavy atom. The van der Waals surface area contributed by atoms with Gasteiger partial charge in [0.05, 0.1) is 11.6 Å². The minimum Gasteiger partial charge on any atom is -0.298 e. The lowest BCUT2D eigenvalue weighted by Gasteiger charge is -2.37. The smallest absolute Gasteiger partial charge is 0.123 e. The van der Waals surface area contributed by atoms with Crippen LogP contribution >= 0.6 is 0 Å². The molecule has 1 aliphatic heterocycles. The molecule has 3 nitrogen and oxygen atoms in total. The maximum absolute atomic E-state index is 13.3. The molecule has 1 aliphatic rings. The van der Waals surface area contributed by atoms with E-state index < -0.39 is 0 Å². The van der Waals surface area contributed by atoms with Gasteiger partial charge in [0.1, 0.15) is 5.82 Å². The molecule has 1 aromatic rings. The zero-order chi connectivity index (χ0) is 14.5. The Labute approximate surface area is 120 Å². The number of halogens is 1. The molecule has 108 valence electrons. The Morgan fingerprint density at radius 1 is 1.30 bits per heavy atom. The quantitative estimate of drug-likeness (QED) is 0.846. The largest absolute Gasteiger partial charge is 0.298 e. The van der Waals surface area contributed by atoms with E-state index in [0.29, 0.717) is 18.2 Å². The van der Waals surface area contributed by atoms with Crippen LogP contribution in [0.5, 0.6) is 0 Å². The molecule has 1 unspecified atom stereocenters. The van der Waals surface area contributed by atoms with Crippen molar-refractivity contribution in [1.82, 2.24) is 9.80 Å². The number of piperazine rings is 1. The van der Waals surface area contributed by atoms with Crippen LogP contribution in [-0.4, -0.2) is 42.0 Å². The third-order valence-corrected chi connectivity index (χ3v) is 4.20. The van der Waals surface area contributed by atoms with Crippen LogP contribution in [0.25, 0.3) is 0 Å². The lowest BCUT2D eigenvalue weighted by Crippen LogP contribution is -2.49. The van der Waals surface area contributed by atoms with Crippen molar-refractivity contribution in [2.75, 3.05) is 26.2 Å². The zero-order valence-electron chi connectivity index (χ0n) is 12.3. The van der Waals surface area contributed by atoms with Gasteiger partial charge in [-0.25, -0.2) is 4.39 Å². The van der Waals surface area contributed by atoms with Crippen molar-refractivity contribution in [2.24, 2.45) is 0 Å². The van der Waals surface area contributed by atoms with Crippen LogP contribution in [0.15, 0.2) is 18.2 Å². The Morgan fingerprint density at radius 2 is 2.00 bits per heavy atom. The highest BCUT2D eigenvalue weighted by molar-refractivity contribution is 5.37. The summed E-state index contributed by atoms with van der Waals surface area (Å²) in [6.07, 6.45) is 1.17. The van der Waals surface area contributed by atoms with Crippen LogP contribution in [0.2, 0.25) is 0 Å². The first-order chi connectivity index (χ1) is 9.63. The molecule has 2 rings (SSSR count). The van der Waals surface area contributed by atoms with E-state index in [4.69, 9.17) is 5.26 Å². The highest BCUT2D eigenvalue weighted by Gasteiger charge is 2.20. The van der Waals surface area contributed by atoms with Crippen molar-refractivity contribution in [3.8, 4) is 6.07 Å². The van der Waals surface area contributed by atoms with Gasteiger partial charge in [0.25, 0.3) is 0 Å². The molecule has 0 radical (unpaired) electrons. The van der Waals surface area contributed by atoms with Crippen molar-refractivity contribution in [3.05, 3.63) is 35.1 Å². The van der Waals surface area contributed by atoms with E-state index in [1.807, 2.05) is 0 Å². The molecular formula is C16H22FN3. The average Bonchev–Trinajstić information content (AvgIpc) is 2.47. The summed E-state index contributed by atoms with van der Waals surface area (Å²) in [7, 11) is 0. The number of hydrogen-bond acceptors (Lipinski definition) is 3. The topological polar surface area (TPSA) is 30.3 Å². The molecule has 1 heterocycles. The summed E-state index contributed by atoms with van der Waals surface area (Å²) in [5.74, 6) is -0.266. The highest BCUT2D eigenvalue weighted by atomic mass is 19.1. The average molecular weight is 275 g/mol. The van der Waals surface area contributed by atoms with Crippen LogP contribution < -0.4 is 0 Å². The molecule has 4 heteroatoms. The highest BCUT2D eigenvalue weighted by Crippen LogP contribution is 2.16. The number of nitriles is 1. The number of hydrogen-bond donors (Lipinski definition) is 0. The molecule has 1 fully saturated rings. The van der Waals surface area contributed by atoms with Crippen LogP contribution in [-0.2, 0) is 6.54 Å². The van der Waals surface area contributed by atoms with Crippen LogP contribution in [0.1, 0.15) is 31.4 Å². The van der Waals surface area contributed by atoms with E-state index >= 15 is 0 Å². The van der Waals surface area contributed by atoms with Crippen molar-refractivity contribution < 1.29 is 4.39 Å². The third-order valence-electron chi connectivity index (χ3n) is 4.20. The predicted octanol–water partition coefficient (Wildman–Crippen LogP) is 2.61. The fourth-order valence-electron chi connectivity index (χ4n) is 2.66. The standard InChI is InChI=1S/C16H22FN3/c1-3-13(2)20-8-6-19(7-9-20)12-15-10-16(17)5-4-14(15)11-18/h4-5,10,13H,3,6-9,12H2,1-2H3. The van der Waals surface area contributed by atoms with Crippen molar-refractivity contribution in [2.45, 2.75) is 32.9 Å². The number of benzene rings is 1. The van der Waals surface area contributed by atoms with E-state index in [1.165, 1.54) is 18.6 Å². The summed E-state index contributed by atoms with van der Waals surface area (Å²) >= 11 is 0. The fraction of sp³-hybridized carbons (Fsp3) is 0.562. The third kappa shape index (κ3) is 3.56. The fourth-order valence-corrected chi connectivity index (χ4v) is 2.66. The maximum Gasteiger partial charge on any atom is 0.123 e. The summed E-state index contributed by atoms with van der Waals surface area (Å²) in [5.41, 5.74) is 1.38. The Balaban J connectivity index is 1.96. The lowest BCUT2D eigenvalue weighted by atomic mass is 10.1. The van der Waals surface area contributed by atoms with Gasteiger partial charge >= 0.3 is 0 Å². The van der Waals surface area contributed by atoms with E-state index in [9.17, 15) is 4.39 Å². The first-order valence-electron chi connectivity index (χ1n) is 7.29. The van der Waals surface area contributed by atoms with Gasteiger partial charge in [0, 0.05) is 38.8 Å². The summed E-state index contributed by atoms with van der Waals surface area (Å²) in [5, 5.41) is 9.09. The summed E-state index contributed by atoms with van der Waals surface area (Å²) in [6, 6.07) is 7.18. The maximum atomic E-state index is 13.3. The molecule has 0 amide bonds. The molecule has 1 atom stereocenters. The second-order valence-electron chi connectivity index (χ2n) is 5.48. The monoisotopic (exact) mass is 275 g/mol. The minimum atomic E-state index is -0.266. The van der Waals surface area contributed by atoms with Crippen molar-refractivity contribution >= 4 is 0 Å². The van der Waals surface area contributed by atoms with Gasteiger partial charge in [-0.2, -0.15) is 5.26 Å². The van der Waals surface area contributed by atoms with Gasteiger partial charge in [-0.15, -0.1) is 0 Å². The summed E-state index contributed by atoms with van der Waals surface area (Å²) in [4.78, 5) is 4.79. The lowest BCUT2D eigenvalue weighted by molar-refractivity contribution is 0.0962. The molecular weight excluding hydrogens is 253 g/mol. The molecule has 1 aromatic carbocycles. The Kier molecular flexibility index (Phi) is 5.11. The number of rotatable bonds is 4. The minimum absolute atomic E-state index is 0.266. The summed E-state index contributed by atoms with van der Waals surface area (Å²) < 4.78 is 13.3. The van der Waals surface area contributed by atoms with Gasteiger partial charge < -0.3 is 0 Å². The SMILES string of the molecule is CCC(C)N1CCN(Cc2cc(F)ccc2C#N)CC1. The molecule has 0 N–H and O–H groups in total. The van der Waals surface area contributed by atoms with Gasteiger partial charge in [-0.3, -0.25) is 9.80 Å². The molecule has 0 saturated carbocycles. The van der Waals surface area contributed by atoms with Crippen molar-refractivity contribution in [1.29, 1.82) is 5.26 Å². The zero-order valence-corrected chi connectivity index (χ0v) is 12.3. The van der Waals surface area contributed by atoms with Gasteiger partial charge in [-0.05, 0) is 37.1 Å². The molecule has 1 saturated heterocycles. The Bertz CT molecular complexity index is 487. The van der Waals surface area contributed by atoms with Crippen LogP contribution in [0.4, 0.5) is 4.39 Å². The first-order valence-corrected chi connectivity index (χ1v) is 7.29. The van der Waals surface area contributed by atoms with E-state index in [-0.39, 0.29) is 5.82 Å². The molecule has 0 spiro atoms. The second-order valence-corrected chi connectivity index (χ2v) is 5.48. The summed E-state index contributed by atoms with van der Waals surface area (Å²) in [6.45, 7) is 9.18. The Hall–Kier alpha value is -1.44. The second kappa shape index (κ2) is 6.83. The normalized spacial score (nSPS) is 18.7.